The number of hydrogen-bond donors (Lipinski definition) is 0. The number of nitrogens with zero attached hydrogens (tertiary/aromatic N) is 3. The maximum atomic E-state index is 13.0. The summed E-state index contributed by atoms with van der Waals surface area (Å²) in [6.45, 7) is 1.48. The van der Waals surface area contributed by atoms with Crippen molar-refractivity contribution in [3.8, 4) is 0 Å². The van der Waals surface area contributed by atoms with Gasteiger partial charge in [0.1, 0.15) is 0 Å². The van der Waals surface area contributed by atoms with E-state index in [1.54, 1.807) is 18.2 Å². The lowest BCUT2D eigenvalue weighted by molar-refractivity contribution is -0.383. The molecule has 1 saturated carbocycles. The van der Waals surface area contributed by atoms with Crippen LogP contribution in [0.4, 0.5) is 11.4 Å². The molecule has 27 heavy (non-hydrogen) atoms. The van der Waals surface area contributed by atoms with Gasteiger partial charge in [-0.3, -0.25) is 24.9 Å². The van der Waals surface area contributed by atoms with E-state index in [2.05, 4.69) is 0 Å². The standard InChI is InChI=1S/C21H25N3O3/c25-21(15-16-7-1-2-8-16)23-14-6-5-13-22(23)19-11-12-20(24(26)27)18-10-4-3-9-17(18)19/h3-4,9-12,16H,1-2,5-8,13-15H2. The minimum absolute atomic E-state index is 0.107. The van der Waals surface area contributed by atoms with Gasteiger partial charge in [0.2, 0.25) is 5.91 Å². The van der Waals surface area contributed by atoms with Crippen molar-refractivity contribution in [3.63, 3.8) is 0 Å². The number of rotatable bonds is 4. The summed E-state index contributed by atoms with van der Waals surface area (Å²) in [6, 6.07) is 10.8. The number of nitro benzene ring substituents is 1. The first-order valence-corrected chi connectivity index (χ1v) is 9.89. The number of carbonyl (C=O) groups excluding carboxylic acids is 1. The Bertz CT molecular complexity index is 861. The summed E-state index contributed by atoms with van der Waals surface area (Å²) in [5.41, 5.74) is 0.992. The fraction of sp³-hybridized carbons (Fsp3) is 0.476. The lowest BCUT2D eigenvalue weighted by Crippen LogP contribution is -2.51. The highest BCUT2D eigenvalue weighted by atomic mass is 16.6. The molecule has 0 aromatic heterocycles. The first-order valence-electron chi connectivity index (χ1n) is 9.89. The van der Waals surface area contributed by atoms with Crippen LogP contribution < -0.4 is 5.01 Å². The van der Waals surface area contributed by atoms with Crippen molar-refractivity contribution in [1.29, 1.82) is 0 Å². The molecule has 4 rings (SSSR count). The fourth-order valence-electron chi connectivity index (χ4n) is 4.49. The Hall–Kier alpha value is -2.63. The van der Waals surface area contributed by atoms with Gasteiger partial charge in [0.25, 0.3) is 5.69 Å². The Morgan fingerprint density at radius 2 is 1.70 bits per heavy atom. The van der Waals surface area contributed by atoms with Gasteiger partial charge in [0.15, 0.2) is 0 Å². The molecule has 1 aliphatic heterocycles. The number of hydrazine groups is 1. The van der Waals surface area contributed by atoms with E-state index < -0.39 is 0 Å². The maximum absolute atomic E-state index is 13.0. The lowest BCUT2D eigenvalue weighted by atomic mass is 10.0. The quantitative estimate of drug-likeness (QED) is 0.582. The first-order chi connectivity index (χ1) is 13.1. The molecule has 0 bridgehead atoms. The van der Waals surface area contributed by atoms with Crippen molar-refractivity contribution in [3.05, 3.63) is 46.5 Å². The summed E-state index contributed by atoms with van der Waals surface area (Å²) in [5.74, 6) is 0.693. The van der Waals surface area contributed by atoms with Crippen LogP contribution in [-0.4, -0.2) is 28.9 Å². The number of amides is 1. The summed E-state index contributed by atoms with van der Waals surface area (Å²) in [6.07, 6.45) is 7.39. The predicted octanol–water partition coefficient (Wildman–Crippen LogP) is 4.67. The van der Waals surface area contributed by atoms with Crippen molar-refractivity contribution < 1.29 is 9.72 Å². The molecule has 1 saturated heterocycles. The van der Waals surface area contributed by atoms with Gasteiger partial charge in [0, 0.05) is 31.0 Å². The molecule has 1 aliphatic carbocycles. The second kappa shape index (κ2) is 7.55. The molecule has 142 valence electrons. The highest BCUT2D eigenvalue weighted by molar-refractivity contribution is 6.00. The summed E-state index contributed by atoms with van der Waals surface area (Å²) in [4.78, 5) is 24.1. The summed E-state index contributed by atoms with van der Waals surface area (Å²) in [5, 5.41) is 16.8. The molecule has 6 heteroatoms. The highest BCUT2D eigenvalue weighted by Gasteiger charge is 2.29. The van der Waals surface area contributed by atoms with Gasteiger partial charge in [-0.1, -0.05) is 31.0 Å². The van der Waals surface area contributed by atoms with Gasteiger partial charge >= 0.3 is 0 Å². The molecule has 6 nitrogen and oxygen atoms in total. The molecule has 1 amide bonds. The number of carbonyl (C=O) groups is 1. The first kappa shape index (κ1) is 17.8. The molecule has 0 radical (unpaired) electrons. The SMILES string of the molecule is O=C(CC1CCCC1)N1CCCCN1c1ccc([N+](=O)[O-])c2ccccc12. The zero-order valence-electron chi connectivity index (χ0n) is 15.5. The predicted molar refractivity (Wildman–Crippen MR) is 105 cm³/mol. The highest BCUT2D eigenvalue weighted by Crippen LogP contribution is 2.36. The molecule has 0 spiro atoms. The van der Waals surface area contributed by atoms with Crippen LogP contribution in [0.25, 0.3) is 10.8 Å². The van der Waals surface area contributed by atoms with Crippen LogP contribution in [0.5, 0.6) is 0 Å². The molecular formula is C21H25N3O3. The van der Waals surface area contributed by atoms with Crippen LogP contribution in [-0.2, 0) is 4.79 Å². The number of non-ortho nitro benzene ring substituents is 1. The van der Waals surface area contributed by atoms with Crippen LogP contribution in [0, 0.1) is 16.0 Å². The third-order valence-electron chi connectivity index (χ3n) is 5.86. The molecule has 0 atom stereocenters. The maximum Gasteiger partial charge on any atom is 0.277 e. The monoisotopic (exact) mass is 367 g/mol. The Morgan fingerprint density at radius 3 is 2.44 bits per heavy atom. The van der Waals surface area contributed by atoms with Gasteiger partial charge in [-0.15, -0.1) is 0 Å². The summed E-state index contributed by atoms with van der Waals surface area (Å²) >= 11 is 0. The molecule has 2 aliphatic rings. The van der Waals surface area contributed by atoms with Crippen LogP contribution in [0.15, 0.2) is 36.4 Å². The Morgan fingerprint density at radius 1 is 1.00 bits per heavy atom. The molecule has 2 aromatic rings. The Balaban J connectivity index is 1.68. The third-order valence-corrected chi connectivity index (χ3v) is 5.86. The smallest absolute Gasteiger partial charge is 0.277 e. The second-order valence-electron chi connectivity index (χ2n) is 7.61. The van der Waals surface area contributed by atoms with E-state index in [1.165, 1.54) is 12.8 Å². The number of fused-ring (bicyclic) bond motifs is 1. The van der Waals surface area contributed by atoms with Crippen molar-refractivity contribution >= 4 is 28.1 Å². The van der Waals surface area contributed by atoms with E-state index in [-0.39, 0.29) is 16.5 Å². The van der Waals surface area contributed by atoms with E-state index in [4.69, 9.17) is 0 Å². The van der Waals surface area contributed by atoms with E-state index in [0.717, 1.165) is 49.8 Å². The number of nitro groups is 1. The van der Waals surface area contributed by atoms with E-state index in [1.807, 2.05) is 28.2 Å². The zero-order chi connectivity index (χ0) is 18.8. The normalized spacial score (nSPS) is 18.2. The minimum atomic E-state index is -0.342. The molecule has 0 unspecified atom stereocenters. The minimum Gasteiger partial charge on any atom is -0.282 e. The largest absolute Gasteiger partial charge is 0.282 e. The van der Waals surface area contributed by atoms with Gasteiger partial charge < -0.3 is 0 Å². The van der Waals surface area contributed by atoms with E-state index in [9.17, 15) is 14.9 Å². The average Bonchev–Trinajstić information content (AvgIpc) is 3.20. The van der Waals surface area contributed by atoms with Crippen LogP contribution in [0.2, 0.25) is 0 Å². The van der Waals surface area contributed by atoms with Crippen LogP contribution in [0.3, 0.4) is 0 Å². The van der Waals surface area contributed by atoms with E-state index >= 15 is 0 Å². The second-order valence-corrected chi connectivity index (χ2v) is 7.61. The molecule has 2 aromatic carbocycles. The topological polar surface area (TPSA) is 66.7 Å². The van der Waals surface area contributed by atoms with E-state index in [0.29, 0.717) is 17.7 Å². The molecular weight excluding hydrogens is 342 g/mol. The average molecular weight is 367 g/mol. The third kappa shape index (κ3) is 3.48. The van der Waals surface area contributed by atoms with Crippen molar-refractivity contribution in [2.24, 2.45) is 5.92 Å². The molecule has 1 heterocycles. The zero-order valence-corrected chi connectivity index (χ0v) is 15.5. The number of hydrogen-bond acceptors (Lipinski definition) is 4. The van der Waals surface area contributed by atoms with Crippen molar-refractivity contribution in [2.75, 3.05) is 18.1 Å². The van der Waals surface area contributed by atoms with Crippen molar-refractivity contribution in [2.45, 2.75) is 44.9 Å². The van der Waals surface area contributed by atoms with Gasteiger partial charge in [0.05, 0.1) is 16.0 Å². The Labute approximate surface area is 158 Å². The van der Waals surface area contributed by atoms with Gasteiger partial charge in [-0.05, 0) is 43.7 Å². The number of anilines is 1. The van der Waals surface area contributed by atoms with Crippen molar-refractivity contribution in [1.82, 2.24) is 5.01 Å². The van der Waals surface area contributed by atoms with Crippen LogP contribution >= 0.6 is 0 Å². The van der Waals surface area contributed by atoms with Gasteiger partial charge in [-0.2, -0.15) is 0 Å². The molecule has 2 fully saturated rings. The van der Waals surface area contributed by atoms with Crippen LogP contribution in [0.1, 0.15) is 44.9 Å². The fourth-order valence-corrected chi connectivity index (χ4v) is 4.49. The Kier molecular flexibility index (Phi) is 4.97. The molecule has 0 N–H and O–H groups in total. The summed E-state index contributed by atoms with van der Waals surface area (Å²) in [7, 11) is 0. The number of benzene rings is 2. The lowest BCUT2D eigenvalue weighted by Gasteiger charge is -2.41. The van der Waals surface area contributed by atoms with Gasteiger partial charge in [-0.25, -0.2) is 0 Å². The summed E-state index contributed by atoms with van der Waals surface area (Å²) < 4.78 is 0.